The monoisotopic (exact) mass is 437 g/mol. The number of hydrogen-bond acceptors (Lipinski definition) is 8. The first kappa shape index (κ1) is 28.0. The standard InChI is InChI=1S/C19H43N5O2S2/c1-5-21-19(25)18-28-27-17-16-26-22-11-9-15-24(4)13-7-6-12-23(3)14-8-10-20-2/h20,22H,5-18H2,1-4H3,(H,21,25). The summed E-state index contributed by atoms with van der Waals surface area (Å²) in [5, 5.41) is 5.98. The molecule has 0 aliphatic heterocycles. The van der Waals surface area contributed by atoms with Crippen molar-refractivity contribution in [1.29, 1.82) is 0 Å². The minimum absolute atomic E-state index is 0.0970. The summed E-state index contributed by atoms with van der Waals surface area (Å²) < 4.78 is 0. The maximum atomic E-state index is 11.3. The number of carbonyl (C=O) groups is 1. The third-order valence-electron chi connectivity index (χ3n) is 4.13. The number of rotatable bonds is 21. The minimum Gasteiger partial charge on any atom is -0.356 e. The van der Waals surface area contributed by atoms with Gasteiger partial charge in [-0.05, 0) is 86.5 Å². The molecule has 0 unspecified atom stereocenters. The third-order valence-corrected chi connectivity index (χ3v) is 6.37. The zero-order valence-corrected chi connectivity index (χ0v) is 20.1. The fourth-order valence-corrected chi connectivity index (χ4v) is 4.25. The van der Waals surface area contributed by atoms with Gasteiger partial charge < -0.3 is 25.3 Å². The number of nitrogens with one attached hydrogen (secondary N) is 3. The Morgan fingerprint density at radius 3 is 2.14 bits per heavy atom. The van der Waals surface area contributed by atoms with Gasteiger partial charge >= 0.3 is 0 Å². The highest BCUT2D eigenvalue weighted by atomic mass is 33.1. The number of amides is 1. The second kappa shape index (κ2) is 21.7. The van der Waals surface area contributed by atoms with Gasteiger partial charge in [0.1, 0.15) is 0 Å². The summed E-state index contributed by atoms with van der Waals surface area (Å²) in [7, 11) is 9.66. The molecule has 0 heterocycles. The molecule has 0 atom stereocenters. The van der Waals surface area contributed by atoms with Gasteiger partial charge in [-0.15, -0.1) is 0 Å². The Hall–Kier alpha value is -0.0300. The molecule has 0 aromatic rings. The van der Waals surface area contributed by atoms with E-state index in [1.165, 1.54) is 32.4 Å². The molecule has 0 rings (SSSR count). The Bertz CT molecular complexity index is 354. The van der Waals surface area contributed by atoms with Gasteiger partial charge in [-0.25, -0.2) is 5.48 Å². The van der Waals surface area contributed by atoms with E-state index >= 15 is 0 Å². The van der Waals surface area contributed by atoms with Crippen LogP contribution in [0.15, 0.2) is 0 Å². The number of carbonyl (C=O) groups excluding carboxylic acids is 1. The third kappa shape index (κ3) is 20.7. The normalized spacial score (nSPS) is 11.5. The second-order valence-corrected chi connectivity index (χ2v) is 9.49. The molecule has 0 saturated heterocycles. The van der Waals surface area contributed by atoms with Crippen molar-refractivity contribution in [3.05, 3.63) is 0 Å². The average molecular weight is 438 g/mol. The summed E-state index contributed by atoms with van der Waals surface area (Å²) >= 11 is 0. The molecule has 0 aromatic carbocycles. The molecule has 7 nitrogen and oxygen atoms in total. The molecule has 1 amide bonds. The lowest BCUT2D eigenvalue weighted by Gasteiger charge is -2.19. The maximum absolute atomic E-state index is 11.3. The van der Waals surface area contributed by atoms with E-state index in [2.05, 4.69) is 40.0 Å². The summed E-state index contributed by atoms with van der Waals surface area (Å²) in [6.07, 6.45) is 4.81. The van der Waals surface area contributed by atoms with Gasteiger partial charge in [-0.2, -0.15) is 0 Å². The Labute approximate surface area is 180 Å². The quantitative estimate of drug-likeness (QED) is 0.142. The highest BCUT2D eigenvalue weighted by Crippen LogP contribution is 2.19. The fraction of sp³-hybridized carbons (Fsp3) is 0.947. The number of nitrogens with zero attached hydrogens (tertiary/aromatic N) is 2. The van der Waals surface area contributed by atoms with Gasteiger partial charge in [0, 0.05) is 18.8 Å². The van der Waals surface area contributed by atoms with Crippen LogP contribution < -0.4 is 16.1 Å². The van der Waals surface area contributed by atoms with Crippen LogP contribution in [-0.2, 0) is 9.63 Å². The van der Waals surface area contributed by atoms with E-state index in [0.29, 0.717) is 18.9 Å². The van der Waals surface area contributed by atoms with Crippen LogP contribution in [0.1, 0.15) is 32.6 Å². The predicted octanol–water partition coefficient (Wildman–Crippen LogP) is 1.67. The van der Waals surface area contributed by atoms with Crippen molar-refractivity contribution in [2.45, 2.75) is 32.6 Å². The molecule has 0 fully saturated rings. The molecule has 0 bridgehead atoms. The molecule has 28 heavy (non-hydrogen) atoms. The van der Waals surface area contributed by atoms with Crippen LogP contribution in [-0.4, -0.2) is 101 Å². The second-order valence-electron chi connectivity index (χ2n) is 6.90. The predicted molar refractivity (Wildman–Crippen MR) is 125 cm³/mol. The number of unbranched alkanes of at least 4 members (excludes halogenated alkanes) is 1. The number of hydroxylamine groups is 1. The van der Waals surface area contributed by atoms with Gasteiger partial charge in [0.15, 0.2) is 0 Å². The van der Waals surface area contributed by atoms with Gasteiger partial charge in [-0.3, -0.25) is 4.79 Å². The van der Waals surface area contributed by atoms with E-state index in [-0.39, 0.29) is 5.91 Å². The van der Waals surface area contributed by atoms with Crippen molar-refractivity contribution in [2.24, 2.45) is 0 Å². The molecule has 3 N–H and O–H groups in total. The molecule has 0 radical (unpaired) electrons. The van der Waals surface area contributed by atoms with E-state index in [4.69, 9.17) is 4.84 Å². The lowest BCUT2D eigenvalue weighted by Crippen LogP contribution is -2.27. The maximum Gasteiger partial charge on any atom is 0.230 e. The SMILES string of the molecule is CCNC(=O)CSSCCONCCCN(C)CCCCN(C)CCCNC. The topological polar surface area (TPSA) is 68.9 Å². The van der Waals surface area contributed by atoms with E-state index in [1.54, 1.807) is 21.6 Å². The van der Waals surface area contributed by atoms with Crippen molar-refractivity contribution in [3.63, 3.8) is 0 Å². The molecule has 0 aliphatic carbocycles. The van der Waals surface area contributed by atoms with Crippen molar-refractivity contribution in [2.75, 3.05) is 85.1 Å². The van der Waals surface area contributed by atoms with Crippen LogP contribution in [0.2, 0.25) is 0 Å². The molecule has 9 heteroatoms. The summed E-state index contributed by atoms with van der Waals surface area (Å²) in [5.41, 5.74) is 3.03. The molecule has 0 aliphatic rings. The number of hydrogen-bond donors (Lipinski definition) is 3. The van der Waals surface area contributed by atoms with Crippen LogP contribution in [0.25, 0.3) is 0 Å². The Morgan fingerprint density at radius 1 is 0.929 bits per heavy atom. The largest absolute Gasteiger partial charge is 0.356 e. The van der Waals surface area contributed by atoms with Crippen LogP contribution in [0.4, 0.5) is 0 Å². The van der Waals surface area contributed by atoms with Crippen LogP contribution in [0, 0.1) is 0 Å². The van der Waals surface area contributed by atoms with Gasteiger partial charge in [0.25, 0.3) is 0 Å². The van der Waals surface area contributed by atoms with Crippen LogP contribution in [0.3, 0.4) is 0 Å². The first-order valence-electron chi connectivity index (χ1n) is 10.5. The lowest BCUT2D eigenvalue weighted by molar-refractivity contribution is -0.118. The van der Waals surface area contributed by atoms with Crippen molar-refractivity contribution < 1.29 is 9.63 Å². The van der Waals surface area contributed by atoms with E-state index < -0.39 is 0 Å². The molecule has 168 valence electrons. The van der Waals surface area contributed by atoms with Gasteiger partial charge in [-0.1, -0.05) is 21.6 Å². The summed E-state index contributed by atoms with van der Waals surface area (Å²) in [4.78, 5) is 21.5. The first-order valence-corrected chi connectivity index (χ1v) is 13.0. The van der Waals surface area contributed by atoms with E-state index in [9.17, 15) is 4.79 Å². The molecule has 0 spiro atoms. The molecule has 0 saturated carbocycles. The molecule has 0 aromatic heterocycles. The summed E-state index contributed by atoms with van der Waals surface area (Å²) in [6.45, 7) is 9.86. The Kier molecular flexibility index (Phi) is 21.7. The highest BCUT2D eigenvalue weighted by molar-refractivity contribution is 8.76. The summed E-state index contributed by atoms with van der Waals surface area (Å²) in [6, 6.07) is 0. The van der Waals surface area contributed by atoms with Gasteiger partial charge in [0.2, 0.25) is 5.91 Å². The van der Waals surface area contributed by atoms with Crippen LogP contribution in [0.5, 0.6) is 0 Å². The van der Waals surface area contributed by atoms with Crippen molar-refractivity contribution in [3.8, 4) is 0 Å². The zero-order chi connectivity index (χ0) is 20.9. The Balaban J connectivity index is 3.28. The summed E-state index contributed by atoms with van der Waals surface area (Å²) in [5.74, 6) is 1.48. The first-order chi connectivity index (χ1) is 13.6. The van der Waals surface area contributed by atoms with Crippen LogP contribution >= 0.6 is 21.6 Å². The zero-order valence-electron chi connectivity index (χ0n) is 18.4. The Morgan fingerprint density at radius 2 is 1.54 bits per heavy atom. The van der Waals surface area contributed by atoms with Gasteiger partial charge in [0.05, 0.1) is 12.4 Å². The average Bonchev–Trinajstić information content (AvgIpc) is 2.67. The van der Waals surface area contributed by atoms with E-state index in [1.807, 2.05) is 14.0 Å². The lowest BCUT2D eigenvalue weighted by atomic mass is 10.2. The van der Waals surface area contributed by atoms with E-state index in [0.717, 1.165) is 38.4 Å². The fourth-order valence-electron chi connectivity index (χ4n) is 2.56. The minimum atomic E-state index is 0.0970. The highest BCUT2D eigenvalue weighted by Gasteiger charge is 2.02. The smallest absolute Gasteiger partial charge is 0.230 e. The van der Waals surface area contributed by atoms with Crippen molar-refractivity contribution in [1.82, 2.24) is 25.9 Å². The van der Waals surface area contributed by atoms with Crippen molar-refractivity contribution >= 4 is 27.5 Å². The molecular formula is C19H43N5O2S2. The molecular weight excluding hydrogens is 394 g/mol.